The third kappa shape index (κ3) is 7.03. The van der Waals surface area contributed by atoms with Crippen LogP contribution in [0.25, 0.3) is 0 Å². The smallest absolute Gasteiger partial charge is 0.407 e. The van der Waals surface area contributed by atoms with Gasteiger partial charge in [-0.3, -0.25) is 0 Å². The van der Waals surface area contributed by atoms with Crippen molar-refractivity contribution in [3.63, 3.8) is 0 Å². The molecule has 1 atom stereocenters. The van der Waals surface area contributed by atoms with Crippen molar-refractivity contribution >= 4 is 26.4 Å². The van der Waals surface area contributed by atoms with Crippen LogP contribution < -0.4 is 5.32 Å². The van der Waals surface area contributed by atoms with Gasteiger partial charge in [-0.05, 0) is 68.8 Å². The van der Waals surface area contributed by atoms with Gasteiger partial charge in [0.1, 0.15) is 5.60 Å². The summed E-state index contributed by atoms with van der Waals surface area (Å²) in [5.41, 5.74) is 0.330. The van der Waals surface area contributed by atoms with Crippen molar-refractivity contribution in [1.82, 2.24) is 9.62 Å². The average Bonchev–Trinajstić information content (AvgIpc) is 2.66. The van der Waals surface area contributed by atoms with Gasteiger partial charge in [0.2, 0.25) is 10.0 Å². The molecule has 3 radical (unpaired) electrons. The largest absolute Gasteiger partial charge is 0.444 e. The molecule has 1 aliphatic heterocycles. The molecule has 2 N–H and O–H groups in total. The van der Waals surface area contributed by atoms with Crippen molar-refractivity contribution in [2.24, 2.45) is 0 Å². The summed E-state index contributed by atoms with van der Waals surface area (Å²) in [5.74, 6) is 0. The molecular formula is C21H30N3O5SSi. The Hall–Kier alpha value is -1.93. The summed E-state index contributed by atoms with van der Waals surface area (Å²) < 4.78 is 33.0. The van der Waals surface area contributed by atoms with Crippen LogP contribution in [0.2, 0.25) is 5.04 Å². The number of hydrogen-bond donors (Lipinski definition) is 2. The average molecular weight is 465 g/mol. The molecule has 1 aliphatic rings. The van der Waals surface area contributed by atoms with E-state index in [1.807, 2.05) is 0 Å². The molecule has 0 saturated carbocycles. The second-order valence-electron chi connectivity index (χ2n) is 9.15. The first-order chi connectivity index (χ1) is 14.3. The summed E-state index contributed by atoms with van der Waals surface area (Å²) in [6.07, 6.45) is 0.748. The summed E-state index contributed by atoms with van der Waals surface area (Å²) in [4.78, 5) is 12.1. The van der Waals surface area contributed by atoms with E-state index in [9.17, 15) is 23.6 Å². The van der Waals surface area contributed by atoms with Crippen LogP contribution in [0, 0.1) is 11.3 Å². The van der Waals surface area contributed by atoms with Crippen LogP contribution >= 0.6 is 0 Å². The van der Waals surface area contributed by atoms with Crippen LogP contribution in [0.3, 0.4) is 0 Å². The summed E-state index contributed by atoms with van der Waals surface area (Å²) in [6.45, 7) is 7.50. The number of nitrogens with one attached hydrogen (secondary N) is 1. The molecule has 1 fully saturated rings. The minimum absolute atomic E-state index is 0.112. The summed E-state index contributed by atoms with van der Waals surface area (Å²) in [6, 6.07) is 6.36. The van der Waals surface area contributed by atoms with Crippen LogP contribution in [0.15, 0.2) is 23.1 Å². The lowest BCUT2D eigenvalue weighted by molar-refractivity contribution is 0.0489. The number of carbonyl (C=O) groups excluding carboxylic acids is 1. The number of carbonyl (C=O) groups is 1. The molecule has 0 unspecified atom stereocenters. The molecular weight excluding hydrogens is 434 g/mol. The fourth-order valence-electron chi connectivity index (χ4n) is 3.33. The second-order valence-corrected chi connectivity index (χ2v) is 12.3. The highest BCUT2D eigenvalue weighted by molar-refractivity contribution is 7.89. The Morgan fingerprint density at radius 3 is 2.45 bits per heavy atom. The highest BCUT2D eigenvalue weighted by Gasteiger charge is 2.31. The zero-order valence-electron chi connectivity index (χ0n) is 18.4. The van der Waals surface area contributed by atoms with Gasteiger partial charge in [0.05, 0.1) is 16.5 Å². The van der Waals surface area contributed by atoms with E-state index in [1.165, 1.54) is 22.5 Å². The van der Waals surface area contributed by atoms with E-state index in [0.717, 1.165) is 0 Å². The fourth-order valence-corrected chi connectivity index (χ4v) is 5.04. The van der Waals surface area contributed by atoms with Gasteiger partial charge in [-0.15, -0.1) is 0 Å². The number of alkyl carbamates (subject to hydrolysis) is 1. The number of ether oxygens (including phenoxy) is 1. The maximum absolute atomic E-state index is 13.2. The Bertz CT molecular complexity index is 943. The molecule has 10 heteroatoms. The molecule has 1 amide bonds. The minimum Gasteiger partial charge on any atom is -0.444 e. The van der Waals surface area contributed by atoms with Crippen LogP contribution in [-0.4, -0.2) is 65.5 Å². The number of rotatable bonds is 6. The van der Waals surface area contributed by atoms with E-state index in [-0.39, 0.29) is 30.6 Å². The molecule has 1 saturated heterocycles. The van der Waals surface area contributed by atoms with Gasteiger partial charge < -0.3 is 15.2 Å². The van der Waals surface area contributed by atoms with Crippen molar-refractivity contribution in [3.8, 4) is 6.07 Å². The van der Waals surface area contributed by atoms with Crippen molar-refractivity contribution in [2.75, 3.05) is 19.7 Å². The lowest BCUT2D eigenvalue weighted by atomic mass is 9.97. The number of benzene rings is 1. The number of amides is 1. The first kappa shape index (κ1) is 25.3. The minimum atomic E-state index is -3.75. The van der Waals surface area contributed by atoms with Crippen molar-refractivity contribution in [1.29, 1.82) is 5.26 Å². The first-order valence-corrected chi connectivity index (χ1v) is 12.1. The second kappa shape index (κ2) is 9.69. The van der Waals surface area contributed by atoms with E-state index in [1.54, 1.807) is 27.7 Å². The molecule has 1 aromatic carbocycles. The zero-order valence-corrected chi connectivity index (χ0v) is 20.3. The summed E-state index contributed by atoms with van der Waals surface area (Å²) >= 11 is 0. The molecule has 0 aromatic heterocycles. The highest BCUT2D eigenvalue weighted by Crippen LogP contribution is 2.29. The van der Waals surface area contributed by atoms with Crippen LogP contribution in [0.4, 0.5) is 4.79 Å². The monoisotopic (exact) mass is 464 g/mol. The van der Waals surface area contributed by atoms with Crippen molar-refractivity contribution in [2.45, 2.75) is 68.5 Å². The third-order valence-corrected chi connectivity index (χ3v) is 7.17. The van der Waals surface area contributed by atoms with Crippen molar-refractivity contribution < 1.29 is 23.1 Å². The van der Waals surface area contributed by atoms with Crippen LogP contribution in [-0.2, 0) is 21.2 Å². The molecule has 0 spiro atoms. The third-order valence-electron chi connectivity index (χ3n) is 4.94. The summed E-state index contributed by atoms with van der Waals surface area (Å²) in [5, 5.41) is 21.0. The van der Waals surface area contributed by atoms with Crippen molar-refractivity contribution in [3.05, 3.63) is 29.3 Å². The van der Waals surface area contributed by atoms with Gasteiger partial charge >= 0.3 is 6.09 Å². The molecule has 2 rings (SSSR count). The first-order valence-electron chi connectivity index (χ1n) is 10.2. The maximum Gasteiger partial charge on any atom is 0.407 e. The number of nitrogens with zero attached hydrogens (tertiary/aromatic N) is 2. The molecule has 0 bridgehead atoms. The molecule has 31 heavy (non-hydrogen) atoms. The predicted octanol–water partition coefficient (Wildman–Crippen LogP) is 2.12. The van der Waals surface area contributed by atoms with Gasteiger partial charge in [-0.25, -0.2) is 13.2 Å². The standard InChI is InChI=1S/C21H30N3O5SSi/c1-20(2,3)29-19(26)23-17-7-9-24(10-8-17)30(27,28)18-6-5-15(13-22)16(11-18)12-21(4,31)14-25/h5-6,11,17,25H,7-10,12,14H2,1-4H3,(H,23,26)/t21-/m0/s1. The number of piperidine rings is 1. The van der Waals surface area contributed by atoms with E-state index >= 15 is 0 Å². The van der Waals surface area contributed by atoms with E-state index in [2.05, 4.69) is 21.6 Å². The van der Waals surface area contributed by atoms with Gasteiger partial charge in [0.15, 0.2) is 0 Å². The lowest BCUT2D eigenvalue weighted by Crippen LogP contribution is -2.47. The number of sulfonamides is 1. The normalized spacial score (nSPS) is 18.1. The van der Waals surface area contributed by atoms with Crippen LogP contribution in [0.5, 0.6) is 0 Å². The van der Waals surface area contributed by atoms with Crippen LogP contribution in [0.1, 0.15) is 51.7 Å². The Balaban J connectivity index is 2.11. The predicted molar refractivity (Wildman–Crippen MR) is 117 cm³/mol. The number of aliphatic hydroxyl groups is 1. The fraction of sp³-hybridized carbons (Fsp3) is 0.619. The number of hydrogen-bond acceptors (Lipinski definition) is 6. The van der Waals surface area contributed by atoms with Gasteiger partial charge in [-0.2, -0.15) is 9.57 Å². The molecule has 8 nitrogen and oxygen atoms in total. The highest BCUT2D eigenvalue weighted by atomic mass is 32.2. The van der Waals surface area contributed by atoms with E-state index in [0.29, 0.717) is 30.4 Å². The topological polar surface area (TPSA) is 120 Å². The molecule has 0 aliphatic carbocycles. The van der Waals surface area contributed by atoms with E-state index in [4.69, 9.17) is 4.74 Å². The van der Waals surface area contributed by atoms with Gasteiger partial charge in [0, 0.05) is 36.0 Å². The lowest BCUT2D eigenvalue weighted by Gasteiger charge is -2.32. The molecule has 169 valence electrons. The maximum atomic E-state index is 13.2. The van der Waals surface area contributed by atoms with E-state index < -0.39 is 26.8 Å². The Kier molecular flexibility index (Phi) is 7.92. The molecule has 1 aromatic rings. The quantitative estimate of drug-likeness (QED) is 0.622. The Morgan fingerprint density at radius 2 is 1.94 bits per heavy atom. The van der Waals surface area contributed by atoms with Gasteiger partial charge in [0.25, 0.3) is 0 Å². The van der Waals surface area contributed by atoms with Gasteiger partial charge in [-0.1, -0.05) is 6.92 Å². The molecule has 1 heterocycles. The number of aliphatic hydroxyl groups excluding tert-OH is 1. The number of nitriles is 1. The zero-order chi connectivity index (χ0) is 23.4. The Morgan fingerprint density at radius 1 is 1.32 bits per heavy atom. The SMILES string of the molecule is CC(C)(C)OC(=O)NC1CCN(S(=O)(=O)c2ccc(C#N)c(C[C@](C)([Si])CO)c2)CC1. The summed E-state index contributed by atoms with van der Waals surface area (Å²) in [7, 11) is -0.281. The Labute approximate surface area is 188 Å².